The number of esters is 1. The van der Waals surface area contributed by atoms with Crippen LogP contribution in [0.5, 0.6) is 6.01 Å². The van der Waals surface area contributed by atoms with Crippen LogP contribution in [0.4, 0.5) is 4.79 Å². The van der Waals surface area contributed by atoms with E-state index in [-0.39, 0.29) is 17.5 Å². The van der Waals surface area contributed by atoms with Gasteiger partial charge in [0.1, 0.15) is 6.10 Å². The number of nitrogens with zero attached hydrogens (tertiary/aromatic N) is 3. The zero-order valence-electron chi connectivity index (χ0n) is 24.9. The van der Waals surface area contributed by atoms with Crippen molar-refractivity contribution < 1.29 is 28.5 Å². The predicted molar refractivity (Wildman–Crippen MR) is 166 cm³/mol. The Morgan fingerprint density at radius 1 is 0.977 bits per heavy atom. The van der Waals surface area contributed by atoms with Crippen LogP contribution in [0, 0.1) is 0 Å². The summed E-state index contributed by atoms with van der Waals surface area (Å²) in [6.07, 6.45) is 2.63. The van der Waals surface area contributed by atoms with Gasteiger partial charge in [0.25, 0.3) is 6.01 Å². The maximum Gasteiger partial charge on any atom is 0.511 e. The molecule has 0 radical (unpaired) electrons. The van der Waals surface area contributed by atoms with Crippen molar-refractivity contribution in [2.45, 2.75) is 64.9 Å². The van der Waals surface area contributed by atoms with Gasteiger partial charge in [-0.1, -0.05) is 61.0 Å². The number of carbonyl (C=O) groups excluding carboxylic acids is 2. The fourth-order valence-electron chi connectivity index (χ4n) is 5.44. The SMILES string of the molecule is CCOc1nc2cccc(C(=O)OC(C)OC(=O)OC3CCCCC3)c2n1Cc1ccc(-c2ccccc2/C(N)=N/N)cc1. The summed E-state index contributed by atoms with van der Waals surface area (Å²) in [5.74, 6) is 5.02. The number of hydrogen-bond donors (Lipinski definition) is 2. The molecule has 1 unspecified atom stereocenters. The summed E-state index contributed by atoms with van der Waals surface area (Å²) in [5, 5.41) is 3.65. The van der Waals surface area contributed by atoms with Crippen molar-refractivity contribution in [1.29, 1.82) is 0 Å². The van der Waals surface area contributed by atoms with E-state index in [1.54, 1.807) is 18.2 Å². The molecule has 3 aromatic carbocycles. The molecule has 0 amide bonds. The van der Waals surface area contributed by atoms with Crippen LogP contribution in [0.2, 0.25) is 0 Å². The summed E-state index contributed by atoms with van der Waals surface area (Å²) in [7, 11) is 0. The number of imidazole rings is 1. The topological polar surface area (TPSA) is 153 Å². The molecule has 1 aliphatic carbocycles. The maximum atomic E-state index is 13.4. The Kier molecular flexibility index (Phi) is 9.63. The van der Waals surface area contributed by atoms with E-state index in [2.05, 4.69) is 10.1 Å². The third kappa shape index (κ3) is 6.94. The third-order valence-corrected chi connectivity index (χ3v) is 7.52. The molecule has 5 rings (SSSR count). The Balaban J connectivity index is 1.37. The molecule has 4 aromatic rings. The summed E-state index contributed by atoms with van der Waals surface area (Å²) in [4.78, 5) is 30.3. The second kappa shape index (κ2) is 13.9. The van der Waals surface area contributed by atoms with Crippen LogP contribution in [-0.4, -0.2) is 46.5 Å². The number of para-hydroxylation sites is 1. The van der Waals surface area contributed by atoms with E-state index >= 15 is 0 Å². The quantitative estimate of drug-likeness (QED) is 0.0582. The number of rotatable bonds is 10. The molecule has 1 aliphatic rings. The first kappa shape index (κ1) is 30.4. The average Bonchev–Trinajstić information content (AvgIpc) is 3.38. The molecular weight excluding hydrogens is 562 g/mol. The highest BCUT2D eigenvalue weighted by molar-refractivity contribution is 6.03. The number of aromatic nitrogens is 2. The van der Waals surface area contributed by atoms with Gasteiger partial charge in [0.15, 0.2) is 5.84 Å². The maximum absolute atomic E-state index is 13.4. The van der Waals surface area contributed by atoms with Crippen molar-refractivity contribution >= 4 is 29.0 Å². The number of amidine groups is 1. The molecule has 0 spiro atoms. The Hall–Kier alpha value is -5.06. The van der Waals surface area contributed by atoms with Crippen LogP contribution in [0.25, 0.3) is 22.2 Å². The fraction of sp³-hybridized carbons (Fsp3) is 0.333. The molecule has 4 N–H and O–H groups in total. The van der Waals surface area contributed by atoms with E-state index in [1.165, 1.54) is 6.92 Å². The Morgan fingerprint density at radius 2 is 1.70 bits per heavy atom. The molecule has 1 saturated carbocycles. The number of ether oxygens (including phenoxy) is 4. The van der Waals surface area contributed by atoms with Gasteiger partial charge in [-0.25, -0.2) is 9.59 Å². The summed E-state index contributed by atoms with van der Waals surface area (Å²) in [6, 6.07) is 21.1. The Labute approximate surface area is 255 Å². The highest BCUT2D eigenvalue weighted by Crippen LogP contribution is 2.29. The van der Waals surface area contributed by atoms with Crippen LogP contribution < -0.4 is 16.3 Å². The monoisotopic (exact) mass is 599 g/mol. The Bertz CT molecular complexity index is 1640. The normalized spacial score (nSPS) is 14.6. The molecule has 0 aliphatic heterocycles. The first-order valence-corrected chi connectivity index (χ1v) is 14.8. The molecule has 1 atom stereocenters. The van der Waals surface area contributed by atoms with E-state index in [4.69, 9.17) is 30.5 Å². The van der Waals surface area contributed by atoms with E-state index in [1.807, 2.05) is 60.0 Å². The number of hydrogen-bond acceptors (Lipinski definition) is 9. The zero-order valence-corrected chi connectivity index (χ0v) is 24.9. The molecule has 11 nitrogen and oxygen atoms in total. The number of fused-ring (bicyclic) bond motifs is 1. The van der Waals surface area contributed by atoms with Crippen LogP contribution in [-0.2, 0) is 20.8 Å². The van der Waals surface area contributed by atoms with Gasteiger partial charge in [-0.15, -0.1) is 0 Å². The van der Waals surface area contributed by atoms with E-state index in [0.29, 0.717) is 30.2 Å². The summed E-state index contributed by atoms with van der Waals surface area (Å²) < 4.78 is 23.8. The van der Waals surface area contributed by atoms with E-state index in [0.717, 1.165) is 54.4 Å². The van der Waals surface area contributed by atoms with Gasteiger partial charge in [-0.3, -0.25) is 4.57 Å². The van der Waals surface area contributed by atoms with E-state index < -0.39 is 18.4 Å². The smallest absolute Gasteiger partial charge is 0.465 e. The second-order valence-corrected chi connectivity index (χ2v) is 10.6. The number of benzene rings is 3. The first-order valence-electron chi connectivity index (χ1n) is 14.8. The van der Waals surface area contributed by atoms with Crippen LogP contribution >= 0.6 is 0 Å². The van der Waals surface area contributed by atoms with Crippen molar-refractivity contribution in [1.82, 2.24) is 9.55 Å². The molecule has 230 valence electrons. The first-order chi connectivity index (χ1) is 21.4. The molecule has 0 bridgehead atoms. The van der Waals surface area contributed by atoms with Crippen molar-refractivity contribution in [2.24, 2.45) is 16.7 Å². The van der Waals surface area contributed by atoms with Crippen LogP contribution in [0.1, 0.15) is 67.4 Å². The van der Waals surface area contributed by atoms with Crippen molar-refractivity contribution in [3.8, 4) is 17.1 Å². The zero-order chi connectivity index (χ0) is 31.1. The van der Waals surface area contributed by atoms with Crippen molar-refractivity contribution in [2.75, 3.05) is 6.61 Å². The van der Waals surface area contributed by atoms with Crippen LogP contribution in [0.3, 0.4) is 0 Å². The molecule has 44 heavy (non-hydrogen) atoms. The lowest BCUT2D eigenvalue weighted by atomic mass is 9.98. The number of nitrogens with two attached hydrogens (primary N) is 2. The largest absolute Gasteiger partial charge is 0.511 e. The van der Waals surface area contributed by atoms with Gasteiger partial charge in [-0.2, -0.15) is 10.1 Å². The highest BCUT2D eigenvalue weighted by Gasteiger charge is 2.25. The van der Waals surface area contributed by atoms with Gasteiger partial charge in [-0.05, 0) is 61.4 Å². The van der Waals surface area contributed by atoms with Crippen LogP contribution in [0.15, 0.2) is 71.8 Å². The number of hydrazone groups is 1. The third-order valence-electron chi connectivity index (χ3n) is 7.52. The Morgan fingerprint density at radius 3 is 2.43 bits per heavy atom. The lowest BCUT2D eigenvalue weighted by molar-refractivity contribution is -0.0914. The highest BCUT2D eigenvalue weighted by atomic mass is 16.8. The second-order valence-electron chi connectivity index (χ2n) is 10.6. The van der Waals surface area contributed by atoms with Crippen molar-refractivity contribution in [3.63, 3.8) is 0 Å². The van der Waals surface area contributed by atoms with Gasteiger partial charge in [0.2, 0.25) is 6.29 Å². The molecule has 1 aromatic heterocycles. The fourth-order valence-corrected chi connectivity index (χ4v) is 5.44. The van der Waals surface area contributed by atoms with Gasteiger partial charge < -0.3 is 30.5 Å². The minimum absolute atomic E-state index is 0.166. The van der Waals surface area contributed by atoms with Crippen molar-refractivity contribution in [3.05, 3.63) is 83.4 Å². The summed E-state index contributed by atoms with van der Waals surface area (Å²) in [6.45, 7) is 4.10. The minimum Gasteiger partial charge on any atom is -0.465 e. The standard InChI is InChI=1S/C33H37N5O6/c1-3-41-32-36-28-15-9-14-27(31(39)42-21(2)43-33(40)44-24-10-5-4-6-11-24)29(28)38(32)20-22-16-18-23(19-17-22)25-12-7-8-13-26(25)30(34)37-35/h7-9,12-19,21,24H,3-6,10-11,20,35H2,1-2H3,(H2,34,37). The lowest BCUT2D eigenvalue weighted by Crippen LogP contribution is -2.26. The molecule has 11 heteroatoms. The van der Waals surface area contributed by atoms with Gasteiger partial charge in [0.05, 0.1) is 29.7 Å². The molecule has 0 saturated heterocycles. The molecule has 1 heterocycles. The summed E-state index contributed by atoms with van der Waals surface area (Å²) >= 11 is 0. The molecular formula is C33H37N5O6. The number of carbonyl (C=O) groups is 2. The predicted octanol–water partition coefficient (Wildman–Crippen LogP) is 5.72. The lowest BCUT2D eigenvalue weighted by Gasteiger charge is -2.22. The molecule has 1 fully saturated rings. The van der Waals surface area contributed by atoms with Gasteiger partial charge in [0, 0.05) is 12.5 Å². The summed E-state index contributed by atoms with van der Waals surface area (Å²) in [5.41, 5.74) is 10.9. The van der Waals surface area contributed by atoms with E-state index in [9.17, 15) is 9.59 Å². The van der Waals surface area contributed by atoms with Gasteiger partial charge >= 0.3 is 12.1 Å². The minimum atomic E-state index is -1.15. The average molecular weight is 600 g/mol.